The molecular weight excluding hydrogens is 280 g/mol. The van der Waals surface area contributed by atoms with Crippen LogP contribution in [0.15, 0.2) is 16.6 Å². The molecule has 1 N–H and O–H groups in total. The first-order chi connectivity index (χ1) is 7.20. The van der Waals surface area contributed by atoms with Crippen molar-refractivity contribution in [3.63, 3.8) is 0 Å². The van der Waals surface area contributed by atoms with Crippen molar-refractivity contribution < 1.29 is 4.39 Å². The Kier molecular flexibility index (Phi) is 3.65. The molecule has 1 aromatic rings. The smallest absolute Gasteiger partial charge is 0.146 e. The number of hydrogen-bond donors (Lipinski definition) is 1. The third-order valence-electron chi connectivity index (χ3n) is 2.83. The highest BCUT2D eigenvalue weighted by Gasteiger charge is 2.22. The van der Waals surface area contributed by atoms with Gasteiger partial charge in [-0.15, -0.1) is 0 Å². The van der Waals surface area contributed by atoms with E-state index in [-0.39, 0.29) is 16.8 Å². The van der Waals surface area contributed by atoms with Gasteiger partial charge in [-0.2, -0.15) is 0 Å². The molecule has 4 heteroatoms. The predicted molar refractivity (Wildman–Crippen MR) is 64.0 cm³/mol. The van der Waals surface area contributed by atoms with E-state index in [0.717, 1.165) is 36.0 Å². The second-order valence-corrected chi connectivity index (χ2v) is 5.04. The Labute approximate surface area is 102 Å². The zero-order chi connectivity index (χ0) is 10.8. The number of nitrogens with one attached hydrogen (secondary N) is 1. The minimum absolute atomic E-state index is 0.215. The molecule has 1 aromatic carbocycles. The van der Waals surface area contributed by atoms with Crippen molar-refractivity contribution >= 4 is 27.5 Å². The minimum atomic E-state index is -0.266. The quantitative estimate of drug-likeness (QED) is 0.778. The van der Waals surface area contributed by atoms with E-state index >= 15 is 0 Å². The van der Waals surface area contributed by atoms with Crippen LogP contribution in [0.1, 0.15) is 24.3 Å². The summed E-state index contributed by atoms with van der Waals surface area (Å²) in [5, 5.41) is 3.48. The summed E-state index contributed by atoms with van der Waals surface area (Å²) in [7, 11) is 0. The van der Waals surface area contributed by atoms with Gasteiger partial charge in [-0.25, -0.2) is 4.39 Å². The summed E-state index contributed by atoms with van der Waals surface area (Å²) in [5.74, 6) is 0.0114. The molecule has 1 fully saturated rings. The number of hydrogen-bond acceptors (Lipinski definition) is 1. The molecule has 0 atom stereocenters. The Morgan fingerprint density at radius 2 is 2.00 bits per heavy atom. The molecule has 0 radical (unpaired) electrons. The molecule has 1 nitrogen and oxygen atoms in total. The SMILES string of the molecule is Fc1c(Cl)ccc(Br)c1C1CCNCC1. The molecule has 15 heavy (non-hydrogen) atoms. The largest absolute Gasteiger partial charge is 0.317 e. The van der Waals surface area contributed by atoms with Gasteiger partial charge < -0.3 is 5.32 Å². The summed E-state index contributed by atoms with van der Waals surface area (Å²) < 4.78 is 14.7. The van der Waals surface area contributed by atoms with Gasteiger partial charge in [-0.05, 0) is 44.0 Å². The van der Waals surface area contributed by atoms with E-state index in [4.69, 9.17) is 11.6 Å². The third kappa shape index (κ3) is 2.35. The molecule has 1 aliphatic rings. The average Bonchev–Trinajstić information content (AvgIpc) is 2.26. The van der Waals surface area contributed by atoms with Gasteiger partial charge in [0.25, 0.3) is 0 Å². The fourth-order valence-electron chi connectivity index (χ4n) is 2.03. The second-order valence-electron chi connectivity index (χ2n) is 3.78. The van der Waals surface area contributed by atoms with Gasteiger partial charge >= 0.3 is 0 Å². The molecule has 0 bridgehead atoms. The van der Waals surface area contributed by atoms with E-state index in [1.807, 2.05) is 6.07 Å². The van der Waals surface area contributed by atoms with Gasteiger partial charge in [0.05, 0.1) is 5.02 Å². The number of rotatable bonds is 1. The van der Waals surface area contributed by atoms with E-state index < -0.39 is 0 Å². The summed E-state index contributed by atoms with van der Waals surface area (Å²) in [5.41, 5.74) is 0.740. The van der Waals surface area contributed by atoms with Crippen LogP contribution in [0.4, 0.5) is 4.39 Å². The Morgan fingerprint density at radius 1 is 1.33 bits per heavy atom. The molecule has 82 valence electrons. The Morgan fingerprint density at radius 3 is 2.67 bits per heavy atom. The fourth-order valence-corrected chi connectivity index (χ4v) is 2.82. The summed E-state index contributed by atoms with van der Waals surface area (Å²) in [6, 6.07) is 3.41. The molecule has 2 rings (SSSR count). The molecule has 1 saturated heterocycles. The summed E-state index contributed by atoms with van der Waals surface area (Å²) in [6.07, 6.45) is 1.94. The van der Waals surface area contributed by atoms with Crippen LogP contribution in [0.5, 0.6) is 0 Å². The van der Waals surface area contributed by atoms with E-state index in [0.29, 0.717) is 0 Å². The van der Waals surface area contributed by atoms with Crippen LogP contribution in [0.2, 0.25) is 5.02 Å². The van der Waals surface area contributed by atoms with Gasteiger partial charge in [-0.3, -0.25) is 0 Å². The van der Waals surface area contributed by atoms with Crippen molar-refractivity contribution in [3.8, 4) is 0 Å². The van der Waals surface area contributed by atoms with E-state index in [2.05, 4.69) is 21.2 Å². The maximum Gasteiger partial charge on any atom is 0.146 e. The van der Waals surface area contributed by atoms with Crippen molar-refractivity contribution in [1.29, 1.82) is 0 Å². The van der Waals surface area contributed by atoms with Crippen LogP contribution < -0.4 is 5.32 Å². The summed E-state index contributed by atoms with van der Waals surface area (Å²) in [4.78, 5) is 0. The van der Waals surface area contributed by atoms with Crippen LogP contribution >= 0.6 is 27.5 Å². The lowest BCUT2D eigenvalue weighted by molar-refractivity contribution is 0.444. The molecule has 0 unspecified atom stereocenters. The molecule has 1 heterocycles. The van der Waals surface area contributed by atoms with E-state index in [9.17, 15) is 4.39 Å². The maximum absolute atomic E-state index is 13.9. The zero-order valence-electron chi connectivity index (χ0n) is 8.19. The van der Waals surface area contributed by atoms with Crippen molar-refractivity contribution in [2.45, 2.75) is 18.8 Å². The van der Waals surface area contributed by atoms with Gasteiger partial charge in [0.2, 0.25) is 0 Å². The number of piperidine rings is 1. The van der Waals surface area contributed by atoms with Crippen molar-refractivity contribution in [2.24, 2.45) is 0 Å². The minimum Gasteiger partial charge on any atom is -0.317 e. The van der Waals surface area contributed by atoms with Gasteiger partial charge in [-0.1, -0.05) is 27.5 Å². The normalized spacial score (nSPS) is 18.1. The highest BCUT2D eigenvalue weighted by Crippen LogP contribution is 2.35. The molecular formula is C11H12BrClFN. The van der Waals surface area contributed by atoms with Crippen molar-refractivity contribution in [2.75, 3.05) is 13.1 Å². The lowest BCUT2D eigenvalue weighted by Gasteiger charge is -2.24. The molecule has 0 aliphatic carbocycles. The molecule has 0 spiro atoms. The first-order valence-corrected chi connectivity index (χ1v) is 6.21. The molecule has 0 aromatic heterocycles. The van der Waals surface area contributed by atoms with Gasteiger partial charge in [0.1, 0.15) is 5.82 Å². The monoisotopic (exact) mass is 291 g/mol. The first-order valence-electron chi connectivity index (χ1n) is 5.04. The van der Waals surface area contributed by atoms with Crippen LogP contribution in [-0.2, 0) is 0 Å². The van der Waals surface area contributed by atoms with Gasteiger partial charge in [0, 0.05) is 10.0 Å². The number of halogens is 3. The molecule has 0 amide bonds. The summed E-state index contributed by atoms with van der Waals surface area (Å²) >= 11 is 9.19. The highest BCUT2D eigenvalue weighted by molar-refractivity contribution is 9.10. The lowest BCUT2D eigenvalue weighted by Crippen LogP contribution is -2.27. The van der Waals surface area contributed by atoms with Crippen LogP contribution in [0, 0.1) is 5.82 Å². The van der Waals surface area contributed by atoms with Crippen molar-refractivity contribution in [1.82, 2.24) is 5.32 Å². The van der Waals surface area contributed by atoms with Crippen LogP contribution in [0.25, 0.3) is 0 Å². The Bertz CT molecular complexity index is 364. The van der Waals surface area contributed by atoms with Gasteiger partial charge in [0.15, 0.2) is 0 Å². The Balaban J connectivity index is 2.36. The second kappa shape index (κ2) is 4.81. The fraction of sp³-hybridized carbons (Fsp3) is 0.455. The first kappa shape index (κ1) is 11.4. The summed E-state index contributed by atoms with van der Waals surface area (Å²) in [6.45, 7) is 1.89. The molecule has 1 aliphatic heterocycles. The zero-order valence-corrected chi connectivity index (χ0v) is 10.5. The van der Waals surface area contributed by atoms with E-state index in [1.54, 1.807) is 6.07 Å². The topological polar surface area (TPSA) is 12.0 Å². The Hall–Kier alpha value is -0.120. The average molecular weight is 293 g/mol. The highest BCUT2D eigenvalue weighted by atomic mass is 79.9. The van der Waals surface area contributed by atoms with Crippen LogP contribution in [-0.4, -0.2) is 13.1 Å². The van der Waals surface area contributed by atoms with E-state index in [1.165, 1.54) is 0 Å². The third-order valence-corrected chi connectivity index (χ3v) is 3.81. The number of benzene rings is 1. The predicted octanol–water partition coefficient (Wildman–Crippen LogP) is 3.71. The standard InChI is InChI=1S/C11H12BrClFN/c12-8-1-2-9(13)11(14)10(8)7-3-5-15-6-4-7/h1-2,7,15H,3-6H2. The lowest BCUT2D eigenvalue weighted by atomic mass is 9.90. The van der Waals surface area contributed by atoms with Crippen LogP contribution in [0.3, 0.4) is 0 Å². The maximum atomic E-state index is 13.9. The molecule has 0 saturated carbocycles. The van der Waals surface area contributed by atoms with Crippen molar-refractivity contribution in [3.05, 3.63) is 33.0 Å².